The van der Waals surface area contributed by atoms with Crippen molar-refractivity contribution >= 4 is 11.6 Å². The Bertz CT molecular complexity index is 416. The zero-order valence-corrected chi connectivity index (χ0v) is 11.1. The van der Waals surface area contributed by atoms with E-state index in [9.17, 15) is 4.79 Å². The first-order chi connectivity index (χ1) is 8.60. The number of aryl methyl sites for hydroxylation is 1. The number of amides is 1. The van der Waals surface area contributed by atoms with Crippen LogP contribution in [-0.4, -0.2) is 48.4 Å². The maximum absolute atomic E-state index is 12.4. The smallest absolute Gasteiger partial charge is 0.254 e. The molecular formula is C14H21N3O. The fraction of sp³-hybridized carbons (Fsp3) is 0.500. The van der Waals surface area contributed by atoms with Crippen LogP contribution in [-0.2, 0) is 0 Å². The van der Waals surface area contributed by atoms with Crippen molar-refractivity contribution in [2.24, 2.45) is 0 Å². The van der Waals surface area contributed by atoms with Crippen molar-refractivity contribution in [1.82, 2.24) is 9.80 Å². The molecule has 0 spiro atoms. The SMILES string of the molecule is CCN1CCN(C(=O)c2cc(C)cc(N)c2)CC1. The molecule has 1 fully saturated rings. The molecule has 1 heterocycles. The Morgan fingerprint density at radius 3 is 2.44 bits per heavy atom. The van der Waals surface area contributed by atoms with Crippen LogP contribution in [0.3, 0.4) is 0 Å². The summed E-state index contributed by atoms with van der Waals surface area (Å²) in [7, 11) is 0. The largest absolute Gasteiger partial charge is 0.399 e. The minimum atomic E-state index is 0.0983. The Morgan fingerprint density at radius 2 is 1.89 bits per heavy atom. The van der Waals surface area contributed by atoms with Crippen molar-refractivity contribution in [1.29, 1.82) is 0 Å². The summed E-state index contributed by atoms with van der Waals surface area (Å²) >= 11 is 0. The van der Waals surface area contributed by atoms with Crippen LogP contribution in [0.15, 0.2) is 18.2 Å². The predicted molar refractivity (Wildman–Crippen MR) is 73.6 cm³/mol. The number of anilines is 1. The molecule has 4 heteroatoms. The van der Waals surface area contributed by atoms with Gasteiger partial charge in [-0.05, 0) is 37.2 Å². The van der Waals surface area contributed by atoms with Gasteiger partial charge >= 0.3 is 0 Å². The molecule has 0 unspecified atom stereocenters. The van der Waals surface area contributed by atoms with Crippen LogP contribution in [0.1, 0.15) is 22.8 Å². The second-order valence-electron chi connectivity index (χ2n) is 4.86. The number of likely N-dealkylation sites (N-methyl/N-ethyl adjacent to an activating group) is 1. The molecule has 1 aliphatic heterocycles. The van der Waals surface area contributed by atoms with Crippen LogP contribution in [0.2, 0.25) is 0 Å². The van der Waals surface area contributed by atoms with Gasteiger partial charge in [0.1, 0.15) is 0 Å². The van der Waals surface area contributed by atoms with Gasteiger partial charge in [-0.3, -0.25) is 4.79 Å². The molecule has 0 saturated carbocycles. The predicted octanol–water partition coefficient (Wildman–Crippen LogP) is 1.35. The van der Waals surface area contributed by atoms with Gasteiger partial charge in [-0.2, -0.15) is 0 Å². The van der Waals surface area contributed by atoms with E-state index in [2.05, 4.69) is 11.8 Å². The molecule has 0 aromatic heterocycles. The molecule has 2 rings (SSSR count). The van der Waals surface area contributed by atoms with E-state index in [1.807, 2.05) is 24.0 Å². The minimum Gasteiger partial charge on any atom is -0.399 e. The molecule has 98 valence electrons. The number of nitrogens with two attached hydrogens (primary N) is 1. The van der Waals surface area contributed by atoms with E-state index in [-0.39, 0.29) is 5.91 Å². The van der Waals surface area contributed by atoms with Crippen molar-refractivity contribution in [3.05, 3.63) is 29.3 Å². The van der Waals surface area contributed by atoms with Crippen LogP contribution in [0.25, 0.3) is 0 Å². The van der Waals surface area contributed by atoms with Crippen LogP contribution < -0.4 is 5.73 Å². The Balaban J connectivity index is 2.07. The van der Waals surface area contributed by atoms with Gasteiger partial charge in [0.2, 0.25) is 0 Å². The van der Waals surface area contributed by atoms with E-state index in [0.717, 1.165) is 38.3 Å². The van der Waals surface area contributed by atoms with Gasteiger partial charge in [0.05, 0.1) is 0 Å². The van der Waals surface area contributed by atoms with Crippen molar-refractivity contribution in [3.63, 3.8) is 0 Å². The average Bonchev–Trinajstić information content (AvgIpc) is 2.37. The third-order valence-electron chi connectivity index (χ3n) is 3.45. The lowest BCUT2D eigenvalue weighted by molar-refractivity contribution is 0.0643. The molecule has 2 N–H and O–H groups in total. The first kappa shape index (κ1) is 12.9. The molecule has 4 nitrogen and oxygen atoms in total. The first-order valence-electron chi connectivity index (χ1n) is 6.49. The lowest BCUT2D eigenvalue weighted by atomic mass is 10.1. The molecule has 1 saturated heterocycles. The van der Waals surface area contributed by atoms with Crippen molar-refractivity contribution in [2.75, 3.05) is 38.5 Å². The average molecular weight is 247 g/mol. The third kappa shape index (κ3) is 2.82. The molecule has 0 atom stereocenters. The number of nitrogen functional groups attached to an aromatic ring is 1. The van der Waals surface area contributed by atoms with Gasteiger partial charge in [0.25, 0.3) is 5.91 Å². The van der Waals surface area contributed by atoms with Gasteiger partial charge in [0.15, 0.2) is 0 Å². The van der Waals surface area contributed by atoms with E-state index in [0.29, 0.717) is 11.3 Å². The highest BCUT2D eigenvalue weighted by Crippen LogP contribution is 2.14. The lowest BCUT2D eigenvalue weighted by Crippen LogP contribution is -2.48. The van der Waals surface area contributed by atoms with E-state index in [1.165, 1.54) is 0 Å². The van der Waals surface area contributed by atoms with Crippen LogP contribution in [0, 0.1) is 6.92 Å². The van der Waals surface area contributed by atoms with Gasteiger partial charge in [-0.15, -0.1) is 0 Å². The quantitative estimate of drug-likeness (QED) is 0.803. The van der Waals surface area contributed by atoms with Crippen LogP contribution in [0.5, 0.6) is 0 Å². The van der Waals surface area contributed by atoms with Crippen LogP contribution >= 0.6 is 0 Å². The number of carbonyl (C=O) groups excluding carboxylic acids is 1. The molecule has 0 bridgehead atoms. The number of nitrogens with zero attached hydrogens (tertiary/aromatic N) is 2. The number of rotatable bonds is 2. The van der Waals surface area contributed by atoms with E-state index in [1.54, 1.807) is 6.07 Å². The van der Waals surface area contributed by atoms with Crippen molar-refractivity contribution < 1.29 is 4.79 Å². The number of benzene rings is 1. The Labute approximate surface area is 108 Å². The molecule has 1 aliphatic rings. The van der Waals surface area contributed by atoms with Crippen LogP contribution in [0.4, 0.5) is 5.69 Å². The Morgan fingerprint density at radius 1 is 1.22 bits per heavy atom. The second kappa shape index (κ2) is 5.40. The molecule has 0 aliphatic carbocycles. The molecule has 0 radical (unpaired) electrons. The molecule has 1 aromatic rings. The molecule has 18 heavy (non-hydrogen) atoms. The van der Waals surface area contributed by atoms with Gasteiger partial charge in [-0.1, -0.05) is 6.92 Å². The number of hydrogen-bond donors (Lipinski definition) is 1. The topological polar surface area (TPSA) is 49.6 Å². The van der Waals surface area contributed by atoms with E-state index < -0.39 is 0 Å². The summed E-state index contributed by atoms with van der Waals surface area (Å²) in [4.78, 5) is 16.6. The number of hydrogen-bond acceptors (Lipinski definition) is 3. The van der Waals surface area contributed by atoms with Gasteiger partial charge in [-0.25, -0.2) is 0 Å². The van der Waals surface area contributed by atoms with Gasteiger partial charge in [0, 0.05) is 37.4 Å². The monoisotopic (exact) mass is 247 g/mol. The fourth-order valence-corrected chi connectivity index (χ4v) is 2.39. The second-order valence-corrected chi connectivity index (χ2v) is 4.86. The zero-order valence-electron chi connectivity index (χ0n) is 11.1. The summed E-state index contributed by atoms with van der Waals surface area (Å²) in [6, 6.07) is 5.55. The maximum atomic E-state index is 12.4. The molecular weight excluding hydrogens is 226 g/mol. The van der Waals surface area contributed by atoms with Gasteiger partial charge < -0.3 is 15.5 Å². The molecule has 1 amide bonds. The fourth-order valence-electron chi connectivity index (χ4n) is 2.39. The van der Waals surface area contributed by atoms with Crippen molar-refractivity contribution in [2.45, 2.75) is 13.8 Å². The Kier molecular flexibility index (Phi) is 3.87. The minimum absolute atomic E-state index is 0.0983. The third-order valence-corrected chi connectivity index (χ3v) is 3.45. The maximum Gasteiger partial charge on any atom is 0.254 e. The van der Waals surface area contributed by atoms with E-state index >= 15 is 0 Å². The standard InChI is InChI=1S/C14H21N3O/c1-3-16-4-6-17(7-5-16)14(18)12-8-11(2)9-13(15)10-12/h8-10H,3-7,15H2,1-2H3. The van der Waals surface area contributed by atoms with E-state index in [4.69, 9.17) is 5.73 Å². The summed E-state index contributed by atoms with van der Waals surface area (Å²) < 4.78 is 0. The lowest BCUT2D eigenvalue weighted by Gasteiger charge is -2.34. The normalized spacial score (nSPS) is 16.9. The summed E-state index contributed by atoms with van der Waals surface area (Å²) in [6.45, 7) is 8.70. The first-order valence-corrected chi connectivity index (χ1v) is 6.49. The van der Waals surface area contributed by atoms with Crippen molar-refractivity contribution in [3.8, 4) is 0 Å². The number of carbonyl (C=O) groups is 1. The highest BCUT2D eigenvalue weighted by atomic mass is 16.2. The zero-order chi connectivity index (χ0) is 13.1. The molecule has 1 aromatic carbocycles. The summed E-state index contributed by atoms with van der Waals surface area (Å²) in [5, 5.41) is 0. The summed E-state index contributed by atoms with van der Waals surface area (Å²) in [5.41, 5.74) is 8.19. The summed E-state index contributed by atoms with van der Waals surface area (Å²) in [5.74, 6) is 0.0983. The number of piperazine rings is 1. The Hall–Kier alpha value is -1.55. The highest BCUT2D eigenvalue weighted by molar-refractivity contribution is 5.95. The summed E-state index contributed by atoms with van der Waals surface area (Å²) in [6.07, 6.45) is 0. The highest BCUT2D eigenvalue weighted by Gasteiger charge is 2.21.